The van der Waals surface area contributed by atoms with Gasteiger partial charge in [-0.1, -0.05) is 57.8 Å². The number of hydrogen-bond donors (Lipinski definition) is 2. The average molecular weight is 415 g/mol. The van der Waals surface area contributed by atoms with Crippen LogP contribution in [0.1, 0.15) is 96.3 Å². The van der Waals surface area contributed by atoms with E-state index in [1.807, 2.05) is 0 Å². The topological polar surface area (TPSA) is 111 Å². The van der Waals surface area contributed by atoms with E-state index in [9.17, 15) is 19.2 Å². The minimum atomic E-state index is -0.156. The third-order valence-electron chi connectivity index (χ3n) is 4.56. The fraction of sp³-hybridized carbons (Fsp3) is 0.810. The fourth-order valence-electron chi connectivity index (χ4n) is 2.89. The lowest BCUT2D eigenvalue weighted by molar-refractivity contribution is -0.129. The zero-order valence-corrected chi connectivity index (χ0v) is 17.6. The maximum atomic E-state index is 11.7. The maximum Gasteiger partial charge on any atom is 0.293 e. The van der Waals surface area contributed by atoms with Gasteiger partial charge in [-0.3, -0.25) is 30.0 Å². The van der Waals surface area contributed by atoms with Crippen LogP contribution in [0.5, 0.6) is 0 Å². The lowest BCUT2D eigenvalue weighted by Crippen LogP contribution is -2.41. The maximum absolute atomic E-state index is 11.7. The Kier molecular flexibility index (Phi) is 20.6. The van der Waals surface area contributed by atoms with E-state index in [4.69, 9.17) is 0 Å². The van der Waals surface area contributed by atoms with E-state index in [0.29, 0.717) is 39.0 Å². The third-order valence-corrected chi connectivity index (χ3v) is 4.56. The monoisotopic (exact) mass is 414 g/mol. The summed E-state index contributed by atoms with van der Waals surface area (Å²) in [5, 5.41) is 0. The third kappa shape index (κ3) is 22.0. The van der Waals surface area contributed by atoms with Crippen LogP contribution in [0.25, 0.3) is 0 Å². The van der Waals surface area contributed by atoms with Crippen molar-refractivity contribution >= 4 is 24.8 Å². The highest BCUT2D eigenvalue weighted by molar-refractivity contribution is 5.81. The molecule has 168 valence electrons. The molecular formula is C21H38N2O6. The van der Waals surface area contributed by atoms with Crippen molar-refractivity contribution in [3.8, 4) is 0 Å². The second-order valence-corrected chi connectivity index (χ2v) is 7.13. The average Bonchev–Trinajstić information content (AvgIpc) is 2.72. The summed E-state index contributed by atoms with van der Waals surface area (Å²) in [6.45, 7) is 1.92. The van der Waals surface area contributed by atoms with Crippen molar-refractivity contribution in [2.24, 2.45) is 0 Å². The Bertz CT molecular complexity index is 431. The van der Waals surface area contributed by atoms with E-state index in [0.717, 1.165) is 83.5 Å². The highest BCUT2D eigenvalue weighted by Gasteiger charge is 2.04. The first kappa shape index (κ1) is 26.9. The van der Waals surface area contributed by atoms with E-state index in [2.05, 4.69) is 20.3 Å². The van der Waals surface area contributed by atoms with Gasteiger partial charge >= 0.3 is 0 Å². The van der Waals surface area contributed by atoms with Gasteiger partial charge in [0.05, 0.1) is 13.2 Å². The second kappa shape index (κ2) is 22.2. The quantitative estimate of drug-likeness (QED) is 0.169. The molecule has 29 heavy (non-hydrogen) atoms. The van der Waals surface area contributed by atoms with Crippen LogP contribution in [0.2, 0.25) is 0 Å². The molecular weight excluding hydrogens is 376 g/mol. The van der Waals surface area contributed by atoms with Gasteiger partial charge in [0.15, 0.2) is 0 Å². The second-order valence-electron chi connectivity index (χ2n) is 7.13. The lowest BCUT2D eigenvalue weighted by atomic mass is 10.1. The van der Waals surface area contributed by atoms with Crippen molar-refractivity contribution in [1.29, 1.82) is 0 Å². The molecule has 0 aliphatic rings. The first-order valence-corrected chi connectivity index (χ1v) is 10.9. The molecule has 0 saturated heterocycles. The Morgan fingerprint density at radius 2 is 0.828 bits per heavy atom. The number of amides is 2. The summed E-state index contributed by atoms with van der Waals surface area (Å²) in [6, 6.07) is 0. The van der Waals surface area contributed by atoms with Crippen LogP contribution in [0.4, 0.5) is 0 Å². The van der Waals surface area contributed by atoms with Gasteiger partial charge in [-0.25, -0.2) is 0 Å². The highest BCUT2D eigenvalue weighted by Crippen LogP contribution is 2.09. The summed E-state index contributed by atoms with van der Waals surface area (Å²) in [4.78, 5) is 43.4. The first-order chi connectivity index (χ1) is 14.2. The highest BCUT2D eigenvalue weighted by atomic mass is 16.5. The minimum absolute atomic E-state index is 0.151. The van der Waals surface area contributed by atoms with Crippen molar-refractivity contribution < 1.29 is 28.7 Å². The molecule has 0 rings (SSSR count). The summed E-state index contributed by atoms with van der Waals surface area (Å²) < 4.78 is 9.25. The molecule has 0 atom stereocenters. The van der Waals surface area contributed by atoms with Crippen LogP contribution in [0.15, 0.2) is 0 Å². The van der Waals surface area contributed by atoms with Crippen molar-refractivity contribution in [1.82, 2.24) is 10.9 Å². The first-order valence-electron chi connectivity index (χ1n) is 10.9. The predicted octanol–water partition coefficient (Wildman–Crippen LogP) is 3.33. The molecule has 2 N–H and O–H groups in total. The molecule has 0 spiro atoms. The van der Waals surface area contributed by atoms with Gasteiger partial charge in [-0.05, 0) is 25.7 Å². The zero-order chi connectivity index (χ0) is 21.4. The summed E-state index contributed by atoms with van der Waals surface area (Å²) >= 11 is 0. The lowest BCUT2D eigenvalue weighted by Gasteiger charge is -2.07. The summed E-state index contributed by atoms with van der Waals surface area (Å²) in [5.41, 5.74) is 4.94. The van der Waals surface area contributed by atoms with E-state index in [1.165, 1.54) is 0 Å². The molecule has 0 radical (unpaired) electrons. The Labute approximate surface area is 174 Å². The Balaban J connectivity index is 3.33. The molecule has 0 saturated carbocycles. The van der Waals surface area contributed by atoms with Gasteiger partial charge in [0, 0.05) is 12.8 Å². The van der Waals surface area contributed by atoms with Crippen molar-refractivity contribution in [2.45, 2.75) is 96.3 Å². The standard InChI is InChI=1S/C21H38N2O6/c24-18-28-16-12-8-4-1-2-6-10-14-20(26)22-23-21(27)15-11-7-3-5-9-13-17-29-19-25/h18-19H,1-17H2,(H,22,26)(H,23,27). The SMILES string of the molecule is O=COCCCCCCCCCC(=O)NNC(=O)CCCCCCCCOC=O. The van der Waals surface area contributed by atoms with E-state index in [1.54, 1.807) is 0 Å². The number of unbranched alkanes of at least 4 members (excludes halogenated alkanes) is 11. The molecule has 0 aliphatic heterocycles. The van der Waals surface area contributed by atoms with E-state index in [-0.39, 0.29) is 11.8 Å². The van der Waals surface area contributed by atoms with Gasteiger partial charge in [-0.15, -0.1) is 0 Å². The van der Waals surface area contributed by atoms with Crippen LogP contribution < -0.4 is 10.9 Å². The van der Waals surface area contributed by atoms with Crippen molar-refractivity contribution in [3.05, 3.63) is 0 Å². The molecule has 0 fully saturated rings. The van der Waals surface area contributed by atoms with Gasteiger partial charge in [0.1, 0.15) is 0 Å². The molecule has 0 aliphatic carbocycles. The minimum Gasteiger partial charge on any atom is -0.468 e. The van der Waals surface area contributed by atoms with Crippen molar-refractivity contribution in [3.63, 3.8) is 0 Å². The van der Waals surface area contributed by atoms with Crippen molar-refractivity contribution in [2.75, 3.05) is 13.2 Å². The summed E-state index contributed by atoms with van der Waals surface area (Å²) in [7, 11) is 0. The molecule has 8 nitrogen and oxygen atoms in total. The summed E-state index contributed by atoms with van der Waals surface area (Å²) in [5.74, 6) is -0.307. The normalized spacial score (nSPS) is 10.2. The molecule has 0 unspecified atom stereocenters. The van der Waals surface area contributed by atoms with E-state index >= 15 is 0 Å². The smallest absolute Gasteiger partial charge is 0.293 e. The molecule has 8 heteroatoms. The predicted molar refractivity (Wildman–Crippen MR) is 110 cm³/mol. The Morgan fingerprint density at radius 3 is 1.17 bits per heavy atom. The van der Waals surface area contributed by atoms with Crippen LogP contribution in [0, 0.1) is 0 Å². The Morgan fingerprint density at radius 1 is 0.517 bits per heavy atom. The Hall–Kier alpha value is -2.12. The number of carbonyl (C=O) groups excluding carboxylic acids is 4. The molecule has 0 bridgehead atoms. The number of hydrazine groups is 1. The number of ether oxygens (including phenoxy) is 2. The van der Waals surface area contributed by atoms with Crippen LogP contribution in [-0.4, -0.2) is 38.0 Å². The number of nitrogens with one attached hydrogen (secondary N) is 2. The van der Waals surface area contributed by atoms with Gasteiger partial charge in [-0.2, -0.15) is 0 Å². The number of hydrogen-bond acceptors (Lipinski definition) is 6. The zero-order valence-electron chi connectivity index (χ0n) is 17.6. The van der Waals surface area contributed by atoms with Gasteiger partial charge in [0.2, 0.25) is 11.8 Å². The van der Waals surface area contributed by atoms with Crippen LogP contribution >= 0.6 is 0 Å². The summed E-state index contributed by atoms with van der Waals surface area (Å²) in [6.07, 6.45) is 13.7. The molecule has 0 heterocycles. The fourth-order valence-corrected chi connectivity index (χ4v) is 2.89. The molecule has 2 amide bonds. The van der Waals surface area contributed by atoms with E-state index < -0.39 is 0 Å². The number of carbonyl (C=O) groups is 4. The van der Waals surface area contributed by atoms with Gasteiger partial charge < -0.3 is 9.47 Å². The van der Waals surface area contributed by atoms with Gasteiger partial charge in [0.25, 0.3) is 12.9 Å². The molecule has 0 aromatic rings. The molecule has 0 aromatic heterocycles. The number of rotatable bonds is 21. The van der Waals surface area contributed by atoms with Crippen LogP contribution in [-0.2, 0) is 28.7 Å². The molecule has 0 aromatic carbocycles. The largest absolute Gasteiger partial charge is 0.468 e. The van der Waals surface area contributed by atoms with Crippen LogP contribution in [0.3, 0.4) is 0 Å².